The minimum Gasteiger partial charge on any atom is -0.392 e. The first-order valence-corrected chi connectivity index (χ1v) is 4.24. The van der Waals surface area contributed by atoms with Gasteiger partial charge in [-0.3, -0.25) is 0 Å². The van der Waals surface area contributed by atoms with E-state index in [1.807, 2.05) is 13.8 Å². The number of aliphatic hydroxyl groups excluding tert-OH is 1. The van der Waals surface area contributed by atoms with Crippen LogP contribution in [0.2, 0.25) is 0 Å². The van der Waals surface area contributed by atoms with E-state index in [0.29, 0.717) is 6.04 Å². The summed E-state index contributed by atoms with van der Waals surface area (Å²) in [5.41, 5.74) is 0. The molecule has 2 atom stereocenters. The van der Waals surface area contributed by atoms with Gasteiger partial charge in [0, 0.05) is 12.6 Å². The lowest BCUT2D eigenvalue weighted by Crippen LogP contribution is -2.19. The highest BCUT2D eigenvalue weighted by atomic mass is 16.3. The molecule has 1 aliphatic heterocycles. The van der Waals surface area contributed by atoms with Gasteiger partial charge in [0.25, 0.3) is 0 Å². The normalized spacial score (nSPS) is 31.2. The maximum absolute atomic E-state index is 8.97. The summed E-state index contributed by atoms with van der Waals surface area (Å²) in [6, 6.07) is 0.574. The molecule has 1 heterocycles. The molecular weight excluding hydrogens is 126 g/mol. The fourth-order valence-electron chi connectivity index (χ4n) is 1.11. The lowest BCUT2D eigenvalue weighted by Gasteiger charge is -2.02. The van der Waals surface area contributed by atoms with Crippen LogP contribution in [0.1, 0.15) is 33.6 Å². The summed E-state index contributed by atoms with van der Waals surface area (Å²) in [6.07, 6.45) is 1.99. The summed E-state index contributed by atoms with van der Waals surface area (Å²) >= 11 is 0. The third-order valence-corrected chi connectivity index (χ3v) is 1.69. The quantitative estimate of drug-likeness (QED) is 0.580. The summed E-state index contributed by atoms with van der Waals surface area (Å²) < 4.78 is 0. The lowest BCUT2D eigenvalue weighted by molar-refractivity contribution is 0.193. The molecule has 2 N–H and O–H groups in total. The van der Waals surface area contributed by atoms with Crippen LogP contribution in [0.3, 0.4) is 0 Å². The van der Waals surface area contributed by atoms with Crippen molar-refractivity contribution >= 4 is 0 Å². The van der Waals surface area contributed by atoms with E-state index in [1.54, 1.807) is 0 Å². The third kappa shape index (κ3) is 3.18. The Morgan fingerprint density at radius 3 is 2.30 bits per heavy atom. The summed E-state index contributed by atoms with van der Waals surface area (Å²) in [7, 11) is 0. The number of hydrogen-bond donors (Lipinski definition) is 2. The molecule has 1 aliphatic rings. The van der Waals surface area contributed by atoms with E-state index in [2.05, 4.69) is 12.2 Å². The van der Waals surface area contributed by atoms with Crippen molar-refractivity contribution in [3.05, 3.63) is 0 Å². The Labute approximate surface area is 63.6 Å². The van der Waals surface area contributed by atoms with E-state index in [9.17, 15) is 0 Å². The van der Waals surface area contributed by atoms with Gasteiger partial charge in [-0.05, 0) is 12.8 Å². The van der Waals surface area contributed by atoms with Crippen molar-refractivity contribution in [2.45, 2.75) is 45.8 Å². The molecule has 62 valence electrons. The number of rotatable bonds is 1. The second-order valence-electron chi connectivity index (χ2n) is 2.40. The molecule has 0 bridgehead atoms. The van der Waals surface area contributed by atoms with Crippen molar-refractivity contribution in [2.24, 2.45) is 0 Å². The standard InChI is InChI=1S/C6H13NO.C2H6/c1-2-5-3-6(8)4-7-5;1-2/h5-8H,2-4H2,1H3;1-2H3. The molecule has 0 amide bonds. The van der Waals surface area contributed by atoms with Gasteiger partial charge in [0.1, 0.15) is 0 Å². The molecule has 0 saturated carbocycles. The fourth-order valence-corrected chi connectivity index (χ4v) is 1.11. The predicted octanol–water partition coefficient (Wildman–Crippen LogP) is 1.15. The Hall–Kier alpha value is -0.0800. The smallest absolute Gasteiger partial charge is 0.0679 e. The minimum atomic E-state index is -0.0834. The highest BCUT2D eigenvalue weighted by Gasteiger charge is 2.19. The van der Waals surface area contributed by atoms with Gasteiger partial charge in [0.2, 0.25) is 0 Å². The van der Waals surface area contributed by atoms with Crippen LogP contribution in [0.25, 0.3) is 0 Å². The maximum atomic E-state index is 8.97. The molecule has 0 aromatic heterocycles. The molecule has 1 saturated heterocycles. The molecule has 0 aromatic carbocycles. The zero-order chi connectivity index (χ0) is 7.98. The zero-order valence-electron chi connectivity index (χ0n) is 7.22. The topological polar surface area (TPSA) is 32.3 Å². The van der Waals surface area contributed by atoms with E-state index < -0.39 is 0 Å². The van der Waals surface area contributed by atoms with Gasteiger partial charge < -0.3 is 10.4 Å². The number of nitrogens with one attached hydrogen (secondary N) is 1. The van der Waals surface area contributed by atoms with Gasteiger partial charge in [0.05, 0.1) is 6.10 Å². The van der Waals surface area contributed by atoms with Gasteiger partial charge in [-0.15, -0.1) is 0 Å². The average molecular weight is 145 g/mol. The van der Waals surface area contributed by atoms with Gasteiger partial charge in [-0.1, -0.05) is 20.8 Å². The average Bonchev–Trinajstić information content (AvgIpc) is 2.40. The molecule has 2 heteroatoms. The van der Waals surface area contributed by atoms with Crippen LogP contribution in [0.4, 0.5) is 0 Å². The van der Waals surface area contributed by atoms with Crippen molar-refractivity contribution in [3.63, 3.8) is 0 Å². The minimum absolute atomic E-state index is 0.0834. The monoisotopic (exact) mass is 145 g/mol. The summed E-state index contributed by atoms with van der Waals surface area (Å²) in [6.45, 7) is 6.92. The second kappa shape index (κ2) is 5.69. The first kappa shape index (κ1) is 9.92. The van der Waals surface area contributed by atoms with Gasteiger partial charge in [0.15, 0.2) is 0 Å². The molecular formula is C8H19NO. The Kier molecular flexibility index (Phi) is 5.64. The highest BCUT2D eigenvalue weighted by Crippen LogP contribution is 2.07. The third-order valence-electron chi connectivity index (χ3n) is 1.69. The Bertz CT molecular complexity index is 75.7. The molecule has 0 radical (unpaired) electrons. The molecule has 0 aromatic rings. The van der Waals surface area contributed by atoms with Crippen molar-refractivity contribution in [1.82, 2.24) is 5.32 Å². The first-order valence-electron chi connectivity index (χ1n) is 4.24. The van der Waals surface area contributed by atoms with E-state index in [-0.39, 0.29) is 6.10 Å². The number of hydrogen-bond acceptors (Lipinski definition) is 2. The summed E-state index contributed by atoms with van der Waals surface area (Å²) in [5, 5.41) is 12.2. The lowest BCUT2D eigenvalue weighted by atomic mass is 10.2. The van der Waals surface area contributed by atoms with Crippen LogP contribution >= 0.6 is 0 Å². The van der Waals surface area contributed by atoms with E-state index in [4.69, 9.17) is 5.11 Å². The highest BCUT2D eigenvalue weighted by molar-refractivity contribution is 4.79. The molecule has 1 fully saturated rings. The van der Waals surface area contributed by atoms with Crippen LogP contribution in [0, 0.1) is 0 Å². The fraction of sp³-hybridized carbons (Fsp3) is 1.00. The summed E-state index contributed by atoms with van der Waals surface area (Å²) in [4.78, 5) is 0. The molecule has 2 nitrogen and oxygen atoms in total. The molecule has 0 aliphatic carbocycles. The first-order chi connectivity index (χ1) is 4.83. The van der Waals surface area contributed by atoms with Crippen molar-refractivity contribution in [1.29, 1.82) is 0 Å². The Morgan fingerprint density at radius 1 is 1.50 bits per heavy atom. The molecule has 0 spiro atoms. The second-order valence-corrected chi connectivity index (χ2v) is 2.40. The Balaban J connectivity index is 0.000000371. The van der Waals surface area contributed by atoms with Gasteiger partial charge in [-0.25, -0.2) is 0 Å². The van der Waals surface area contributed by atoms with Crippen LogP contribution in [-0.2, 0) is 0 Å². The van der Waals surface area contributed by atoms with E-state index >= 15 is 0 Å². The van der Waals surface area contributed by atoms with Crippen LogP contribution in [-0.4, -0.2) is 23.8 Å². The largest absolute Gasteiger partial charge is 0.392 e. The van der Waals surface area contributed by atoms with E-state index in [0.717, 1.165) is 19.4 Å². The molecule has 1 rings (SSSR count). The van der Waals surface area contributed by atoms with E-state index in [1.165, 1.54) is 0 Å². The van der Waals surface area contributed by atoms with Crippen molar-refractivity contribution in [2.75, 3.05) is 6.54 Å². The summed E-state index contributed by atoms with van der Waals surface area (Å²) in [5.74, 6) is 0. The Morgan fingerprint density at radius 2 is 2.10 bits per heavy atom. The number of aliphatic hydroxyl groups is 1. The van der Waals surface area contributed by atoms with Crippen LogP contribution in [0.15, 0.2) is 0 Å². The maximum Gasteiger partial charge on any atom is 0.0679 e. The number of β-amino-alcohol motifs (C(OH)–C–C–N with tert-alkyl or cyclic N) is 1. The van der Waals surface area contributed by atoms with Gasteiger partial charge in [-0.2, -0.15) is 0 Å². The zero-order valence-corrected chi connectivity index (χ0v) is 7.22. The van der Waals surface area contributed by atoms with Crippen LogP contribution < -0.4 is 5.32 Å². The van der Waals surface area contributed by atoms with Crippen LogP contribution in [0.5, 0.6) is 0 Å². The van der Waals surface area contributed by atoms with Crippen molar-refractivity contribution in [3.8, 4) is 0 Å². The van der Waals surface area contributed by atoms with Crippen molar-refractivity contribution < 1.29 is 5.11 Å². The molecule has 10 heavy (non-hydrogen) atoms. The predicted molar refractivity (Wildman–Crippen MR) is 44.1 cm³/mol. The molecule has 2 unspecified atom stereocenters. The SMILES string of the molecule is CC.CCC1CC(O)CN1. The van der Waals surface area contributed by atoms with Gasteiger partial charge >= 0.3 is 0 Å².